The Morgan fingerprint density at radius 3 is 1.80 bits per heavy atom. The van der Waals surface area contributed by atoms with Crippen molar-refractivity contribution in [1.82, 2.24) is 0 Å². The van der Waals surface area contributed by atoms with E-state index in [0.29, 0.717) is 0 Å². The maximum Gasteiger partial charge on any atom is 0.178 e. The fraction of sp³-hybridized carbons (Fsp3) is 0.0196. The molecule has 2 heterocycles. The minimum Gasteiger partial charge on any atom is -0.455 e. The Kier molecular flexibility index (Phi) is 6.77. The highest BCUT2D eigenvalue weighted by molar-refractivity contribution is 5.95. The van der Waals surface area contributed by atoms with Crippen molar-refractivity contribution >= 4 is 28.0 Å². The summed E-state index contributed by atoms with van der Waals surface area (Å²) in [4.78, 5) is 2.37. The van der Waals surface area contributed by atoms with E-state index in [9.17, 15) is 0 Å². The number of anilines is 3. The quantitative estimate of drug-likeness (QED) is 0.180. The van der Waals surface area contributed by atoms with Crippen LogP contribution in [0.5, 0.6) is 11.5 Å². The molecule has 0 saturated heterocycles. The number of ether oxygens (including phenoxy) is 1. The second kappa shape index (κ2) is 12.0. The van der Waals surface area contributed by atoms with Crippen molar-refractivity contribution in [3.8, 4) is 44.9 Å². The zero-order chi connectivity index (χ0) is 35.6. The molecule has 9 aromatic rings. The van der Waals surface area contributed by atoms with Gasteiger partial charge in [0.2, 0.25) is 0 Å². The predicted octanol–water partition coefficient (Wildman–Crippen LogP) is 13.7. The van der Waals surface area contributed by atoms with Gasteiger partial charge in [-0.25, -0.2) is 0 Å². The molecular formula is C51H33NO2. The Labute approximate surface area is 314 Å². The van der Waals surface area contributed by atoms with Crippen molar-refractivity contribution in [3.63, 3.8) is 0 Å². The zero-order valence-corrected chi connectivity index (χ0v) is 29.3. The van der Waals surface area contributed by atoms with Gasteiger partial charge in [-0.3, -0.25) is 0 Å². The summed E-state index contributed by atoms with van der Waals surface area (Å²) in [7, 11) is 0. The molecule has 0 radical (unpaired) electrons. The molecule has 3 nitrogen and oxygen atoms in total. The normalized spacial score (nSPS) is 14.9. The van der Waals surface area contributed by atoms with Crippen LogP contribution < -0.4 is 9.64 Å². The molecule has 0 bridgehead atoms. The topological polar surface area (TPSA) is 25.6 Å². The summed E-state index contributed by atoms with van der Waals surface area (Å²) in [5.41, 5.74) is 13.9. The molecule has 1 aromatic heterocycles. The van der Waals surface area contributed by atoms with Crippen molar-refractivity contribution in [2.45, 2.75) is 5.41 Å². The lowest BCUT2D eigenvalue weighted by Gasteiger charge is -2.36. The van der Waals surface area contributed by atoms with Gasteiger partial charge in [0.25, 0.3) is 0 Å². The van der Waals surface area contributed by atoms with Crippen LogP contribution in [0.4, 0.5) is 17.1 Å². The summed E-state index contributed by atoms with van der Waals surface area (Å²) in [5, 5.41) is 0.979. The van der Waals surface area contributed by atoms with Gasteiger partial charge in [-0.15, -0.1) is 0 Å². The minimum atomic E-state index is -0.691. The Bertz CT molecular complexity index is 2860. The molecule has 54 heavy (non-hydrogen) atoms. The fourth-order valence-electron chi connectivity index (χ4n) is 8.75. The molecular weight excluding hydrogens is 659 g/mol. The van der Waals surface area contributed by atoms with Crippen LogP contribution in [0.2, 0.25) is 0 Å². The van der Waals surface area contributed by atoms with Crippen molar-refractivity contribution in [2.24, 2.45) is 0 Å². The van der Waals surface area contributed by atoms with Gasteiger partial charge in [-0.05, 0) is 99.1 Å². The third-order valence-electron chi connectivity index (χ3n) is 11.1. The highest BCUT2D eigenvalue weighted by Gasteiger charge is 2.54. The number of hydrogen-bond acceptors (Lipinski definition) is 3. The smallest absolute Gasteiger partial charge is 0.178 e. The molecule has 0 amide bonds. The summed E-state index contributed by atoms with van der Waals surface area (Å²) >= 11 is 0. The Hall–Kier alpha value is -7.10. The maximum absolute atomic E-state index is 6.88. The van der Waals surface area contributed by atoms with Crippen LogP contribution in [0.3, 0.4) is 0 Å². The van der Waals surface area contributed by atoms with E-state index >= 15 is 0 Å². The van der Waals surface area contributed by atoms with Crippen LogP contribution >= 0.6 is 0 Å². The van der Waals surface area contributed by atoms with Gasteiger partial charge < -0.3 is 14.1 Å². The van der Waals surface area contributed by atoms with Crippen LogP contribution in [0, 0.1) is 0 Å². The van der Waals surface area contributed by atoms with Gasteiger partial charge in [0.15, 0.2) is 11.5 Å². The van der Waals surface area contributed by atoms with Crippen molar-refractivity contribution in [1.29, 1.82) is 0 Å². The second-order valence-corrected chi connectivity index (χ2v) is 14.0. The van der Waals surface area contributed by atoms with E-state index in [-0.39, 0.29) is 0 Å². The van der Waals surface area contributed by atoms with Gasteiger partial charge >= 0.3 is 0 Å². The Balaban J connectivity index is 1.14. The van der Waals surface area contributed by atoms with Gasteiger partial charge in [-0.1, -0.05) is 146 Å². The average molecular weight is 692 g/mol. The monoisotopic (exact) mass is 691 g/mol. The molecule has 1 unspecified atom stereocenters. The summed E-state index contributed by atoms with van der Waals surface area (Å²) in [6.07, 6.45) is 0. The van der Waals surface area contributed by atoms with Gasteiger partial charge in [0.05, 0.1) is 5.39 Å². The van der Waals surface area contributed by atoms with Crippen LogP contribution in [-0.4, -0.2) is 0 Å². The SMILES string of the molecule is c1ccc(-c2ccc(N(c3cccc(-c4ccccc4)c3)c3ccc4c(c3)-c3ccccc3C43c4ccccc4Oc4c3oc3ccccc43)cc2)cc1. The molecule has 1 atom stereocenters. The van der Waals surface area contributed by atoms with Crippen LogP contribution in [-0.2, 0) is 5.41 Å². The molecule has 11 rings (SSSR count). The van der Waals surface area contributed by atoms with Crippen LogP contribution in [0.15, 0.2) is 205 Å². The molecule has 2 aliphatic rings. The van der Waals surface area contributed by atoms with Gasteiger partial charge in [0.1, 0.15) is 16.7 Å². The number of hydrogen-bond donors (Lipinski definition) is 0. The number of fused-ring (bicyclic) bond motifs is 11. The highest BCUT2D eigenvalue weighted by Crippen LogP contribution is 2.64. The van der Waals surface area contributed by atoms with E-state index in [4.69, 9.17) is 9.15 Å². The molecule has 254 valence electrons. The van der Waals surface area contributed by atoms with Crippen LogP contribution in [0.1, 0.15) is 22.5 Å². The lowest BCUT2D eigenvalue weighted by Crippen LogP contribution is -2.31. The first kappa shape index (κ1) is 30.5. The largest absolute Gasteiger partial charge is 0.455 e. The third kappa shape index (κ3) is 4.49. The first-order chi connectivity index (χ1) is 26.8. The van der Waals surface area contributed by atoms with Gasteiger partial charge in [-0.2, -0.15) is 0 Å². The minimum absolute atomic E-state index is 0.691. The number of rotatable bonds is 5. The first-order valence-electron chi connectivity index (χ1n) is 18.4. The van der Waals surface area contributed by atoms with E-state index in [0.717, 1.165) is 50.9 Å². The molecule has 1 aliphatic carbocycles. The highest BCUT2D eigenvalue weighted by atomic mass is 16.5. The fourth-order valence-corrected chi connectivity index (χ4v) is 8.75. The third-order valence-corrected chi connectivity index (χ3v) is 11.1. The number of para-hydroxylation sites is 2. The van der Waals surface area contributed by atoms with Crippen LogP contribution in [0.25, 0.3) is 44.3 Å². The predicted molar refractivity (Wildman–Crippen MR) is 219 cm³/mol. The first-order valence-corrected chi connectivity index (χ1v) is 18.4. The van der Waals surface area contributed by atoms with E-state index in [1.54, 1.807) is 0 Å². The number of benzene rings is 8. The molecule has 8 aromatic carbocycles. The molecule has 1 aliphatic heterocycles. The average Bonchev–Trinajstić information content (AvgIpc) is 3.76. The summed E-state index contributed by atoms with van der Waals surface area (Å²) in [6.45, 7) is 0. The maximum atomic E-state index is 6.88. The van der Waals surface area contributed by atoms with Crippen molar-refractivity contribution < 1.29 is 9.15 Å². The summed E-state index contributed by atoms with van der Waals surface area (Å²) < 4.78 is 13.6. The lowest BCUT2D eigenvalue weighted by molar-refractivity contribution is 0.389. The molecule has 3 heteroatoms. The van der Waals surface area contributed by atoms with E-state index in [2.05, 4.69) is 187 Å². The van der Waals surface area contributed by atoms with Crippen molar-refractivity contribution in [2.75, 3.05) is 4.90 Å². The van der Waals surface area contributed by atoms with E-state index in [1.807, 2.05) is 18.2 Å². The van der Waals surface area contributed by atoms with E-state index in [1.165, 1.54) is 44.5 Å². The van der Waals surface area contributed by atoms with Gasteiger partial charge in [0, 0.05) is 22.6 Å². The summed E-state index contributed by atoms with van der Waals surface area (Å²) in [6, 6.07) is 71.3. The molecule has 0 saturated carbocycles. The summed E-state index contributed by atoms with van der Waals surface area (Å²) in [5.74, 6) is 2.46. The molecule has 0 fully saturated rings. The molecule has 0 N–H and O–H groups in total. The Morgan fingerprint density at radius 1 is 0.389 bits per heavy atom. The number of furan rings is 1. The standard InChI is InChI=1S/C51H33NO2/c1-3-14-34(15-4-1)36-26-28-38(29-27-36)52(39-19-13-18-37(32-39)35-16-5-2-6-17-35)40-30-31-45-43(33-40)41-20-7-9-22-44(41)51(45)46-23-10-12-25-48(46)53-49-42-21-8-11-24-47(42)54-50(49)51/h1-33H. The molecule has 1 spiro atoms. The Morgan fingerprint density at radius 2 is 0.981 bits per heavy atom. The van der Waals surface area contributed by atoms with E-state index < -0.39 is 5.41 Å². The van der Waals surface area contributed by atoms with Crippen molar-refractivity contribution in [3.05, 3.63) is 223 Å². The lowest BCUT2D eigenvalue weighted by atomic mass is 9.69. The number of nitrogens with zero attached hydrogens (tertiary/aromatic N) is 1. The zero-order valence-electron chi connectivity index (χ0n) is 29.3. The second-order valence-electron chi connectivity index (χ2n) is 14.0.